The van der Waals surface area contributed by atoms with Crippen molar-refractivity contribution in [3.8, 4) is 5.75 Å². The molecule has 22 heavy (non-hydrogen) atoms. The second kappa shape index (κ2) is 6.22. The van der Waals surface area contributed by atoms with Crippen LogP contribution in [0, 0.1) is 0 Å². The monoisotopic (exact) mass is 295 g/mol. The predicted molar refractivity (Wildman–Crippen MR) is 88.5 cm³/mol. The minimum atomic E-state index is -0.0347. The van der Waals surface area contributed by atoms with E-state index in [0.29, 0.717) is 11.8 Å². The molecule has 1 aliphatic carbocycles. The van der Waals surface area contributed by atoms with Crippen LogP contribution in [0.1, 0.15) is 42.7 Å². The van der Waals surface area contributed by atoms with Gasteiger partial charge in [0.15, 0.2) is 0 Å². The molecule has 0 bridgehead atoms. The van der Waals surface area contributed by atoms with E-state index in [9.17, 15) is 4.79 Å². The SMILES string of the molecule is COc1ccc(C2CCC2c2ccc(NC(C)=O)cc2)cc1. The van der Waals surface area contributed by atoms with Crippen LogP contribution in [0.4, 0.5) is 5.69 Å². The number of ether oxygens (including phenoxy) is 1. The van der Waals surface area contributed by atoms with E-state index in [4.69, 9.17) is 4.74 Å². The largest absolute Gasteiger partial charge is 0.497 e. The summed E-state index contributed by atoms with van der Waals surface area (Å²) in [4.78, 5) is 11.1. The van der Waals surface area contributed by atoms with E-state index in [1.807, 2.05) is 24.3 Å². The summed E-state index contributed by atoms with van der Waals surface area (Å²) in [5.74, 6) is 2.02. The van der Waals surface area contributed by atoms with Gasteiger partial charge in [0, 0.05) is 12.6 Å². The molecule has 2 aromatic rings. The average Bonchev–Trinajstić information content (AvgIpc) is 2.48. The van der Waals surface area contributed by atoms with E-state index in [0.717, 1.165) is 11.4 Å². The van der Waals surface area contributed by atoms with Gasteiger partial charge in [-0.1, -0.05) is 24.3 Å². The van der Waals surface area contributed by atoms with Crippen LogP contribution in [0.5, 0.6) is 5.75 Å². The van der Waals surface area contributed by atoms with Crippen LogP contribution in [0.25, 0.3) is 0 Å². The molecule has 3 heteroatoms. The third-order valence-electron chi connectivity index (χ3n) is 4.48. The van der Waals surface area contributed by atoms with Crippen molar-refractivity contribution in [3.05, 3.63) is 59.7 Å². The fraction of sp³-hybridized carbons (Fsp3) is 0.316. The Morgan fingerprint density at radius 3 is 1.86 bits per heavy atom. The Hall–Kier alpha value is -2.29. The summed E-state index contributed by atoms with van der Waals surface area (Å²) in [5.41, 5.74) is 3.58. The first-order chi connectivity index (χ1) is 10.7. The number of nitrogens with one attached hydrogen (secondary N) is 1. The van der Waals surface area contributed by atoms with Gasteiger partial charge in [0.05, 0.1) is 7.11 Å². The fourth-order valence-corrected chi connectivity index (χ4v) is 3.17. The molecule has 3 nitrogen and oxygen atoms in total. The van der Waals surface area contributed by atoms with Gasteiger partial charge < -0.3 is 10.1 Å². The molecule has 3 rings (SSSR count). The average molecular weight is 295 g/mol. The molecule has 2 unspecified atom stereocenters. The van der Waals surface area contributed by atoms with Crippen molar-refractivity contribution in [1.29, 1.82) is 0 Å². The number of hydrogen-bond donors (Lipinski definition) is 1. The molecule has 0 aliphatic heterocycles. The van der Waals surface area contributed by atoms with Crippen molar-refractivity contribution < 1.29 is 9.53 Å². The first kappa shape index (κ1) is 14.6. The second-order valence-electron chi connectivity index (χ2n) is 5.87. The predicted octanol–water partition coefficient (Wildman–Crippen LogP) is 4.31. The van der Waals surface area contributed by atoms with E-state index in [1.54, 1.807) is 7.11 Å². The van der Waals surface area contributed by atoms with Gasteiger partial charge in [-0.3, -0.25) is 4.79 Å². The van der Waals surface area contributed by atoms with Crippen molar-refractivity contribution in [3.63, 3.8) is 0 Å². The summed E-state index contributed by atoms with van der Waals surface area (Å²) >= 11 is 0. The number of amides is 1. The highest BCUT2D eigenvalue weighted by Gasteiger charge is 2.33. The van der Waals surface area contributed by atoms with E-state index >= 15 is 0 Å². The first-order valence-corrected chi connectivity index (χ1v) is 7.69. The molecule has 2 aromatic carbocycles. The van der Waals surface area contributed by atoms with Gasteiger partial charge in [-0.15, -0.1) is 0 Å². The quantitative estimate of drug-likeness (QED) is 0.912. The first-order valence-electron chi connectivity index (χ1n) is 7.69. The van der Waals surface area contributed by atoms with Crippen LogP contribution in [0.3, 0.4) is 0 Å². The molecule has 0 spiro atoms. The van der Waals surface area contributed by atoms with Crippen LogP contribution in [0.2, 0.25) is 0 Å². The number of benzene rings is 2. The van der Waals surface area contributed by atoms with Crippen LogP contribution >= 0.6 is 0 Å². The van der Waals surface area contributed by atoms with Gasteiger partial charge in [0.1, 0.15) is 5.75 Å². The molecule has 0 heterocycles. The van der Waals surface area contributed by atoms with E-state index in [-0.39, 0.29) is 5.91 Å². The zero-order valence-corrected chi connectivity index (χ0v) is 13.0. The molecule has 2 atom stereocenters. The number of rotatable bonds is 4. The smallest absolute Gasteiger partial charge is 0.221 e. The lowest BCUT2D eigenvalue weighted by Gasteiger charge is -2.37. The zero-order chi connectivity index (χ0) is 15.5. The standard InChI is InChI=1S/C19H21NO2/c1-13(21)20-16-7-3-14(4-8-16)18-11-12-19(18)15-5-9-17(22-2)10-6-15/h3-10,18-19H,11-12H2,1-2H3,(H,20,21). The maximum Gasteiger partial charge on any atom is 0.221 e. The van der Waals surface area contributed by atoms with Crippen LogP contribution in [-0.2, 0) is 4.79 Å². The van der Waals surface area contributed by atoms with Gasteiger partial charge in [-0.05, 0) is 60.1 Å². The summed E-state index contributed by atoms with van der Waals surface area (Å²) in [7, 11) is 1.69. The van der Waals surface area contributed by atoms with Crippen molar-refractivity contribution >= 4 is 11.6 Å². The fourth-order valence-electron chi connectivity index (χ4n) is 3.17. The number of carbonyl (C=O) groups is 1. The Balaban J connectivity index is 1.73. The van der Waals surface area contributed by atoms with Gasteiger partial charge in [0.2, 0.25) is 5.91 Å². The molecule has 1 amide bonds. The van der Waals surface area contributed by atoms with Gasteiger partial charge >= 0.3 is 0 Å². The number of methoxy groups -OCH3 is 1. The van der Waals surface area contributed by atoms with Crippen LogP contribution in [-0.4, -0.2) is 13.0 Å². The highest BCUT2D eigenvalue weighted by Crippen LogP contribution is 2.49. The lowest BCUT2D eigenvalue weighted by atomic mass is 9.67. The lowest BCUT2D eigenvalue weighted by molar-refractivity contribution is -0.114. The topological polar surface area (TPSA) is 38.3 Å². The summed E-state index contributed by atoms with van der Waals surface area (Å²) in [5, 5.41) is 2.81. The summed E-state index contributed by atoms with van der Waals surface area (Å²) in [6, 6.07) is 16.6. The second-order valence-corrected chi connectivity index (χ2v) is 5.87. The molecule has 0 aromatic heterocycles. The van der Waals surface area contributed by atoms with Crippen LogP contribution < -0.4 is 10.1 Å². The summed E-state index contributed by atoms with van der Waals surface area (Å²) < 4.78 is 5.22. The highest BCUT2D eigenvalue weighted by molar-refractivity contribution is 5.88. The summed E-state index contributed by atoms with van der Waals surface area (Å²) in [6.45, 7) is 1.53. The molecule has 114 valence electrons. The molecule has 1 N–H and O–H groups in total. The zero-order valence-electron chi connectivity index (χ0n) is 13.0. The van der Waals surface area contributed by atoms with Gasteiger partial charge in [0.25, 0.3) is 0 Å². The molecule has 1 fully saturated rings. The minimum absolute atomic E-state index is 0.0347. The summed E-state index contributed by atoms with van der Waals surface area (Å²) in [6.07, 6.45) is 2.45. The highest BCUT2D eigenvalue weighted by atomic mass is 16.5. The molecular weight excluding hydrogens is 274 g/mol. The van der Waals surface area contributed by atoms with E-state index in [1.165, 1.54) is 30.9 Å². The molecule has 1 saturated carbocycles. The molecular formula is C19H21NO2. The number of anilines is 1. The van der Waals surface area contributed by atoms with Crippen molar-refractivity contribution in [2.24, 2.45) is 0 Å². The Bertz CT molecular complexity index is 646. The van der Waals surface area contributed by atoms with E-state index in [2.05, 4.69) is 29.6 Å². The normalized spacial score (nSPS) is 20.1. The number of hydrogen-bond acceptors (Lipinski definition) is 2. The van der Waals surface area contributed by atoms with Gasteiger partial charge in [-0.25, -0.2) is 0 Å². The molecule has 1 aliphatic rings. The van der Waals surface area contributed by atoms with Crippen molar-refractivity contribution in [1.82, 2.24) is 0 Å². The third kappa shape index (κ3) is 2.98. The minimum Gasteiger partial charge on any atom is -0.497 e. The van der Waals surface area contributed by atoms with Gasteiger partial charge in [-0.2, -0.15) is 0 Å². The lowest BCUT2D eigenvalue weighted by Crippen LogP contribution is -2.21. The van der Waals surface area contributed by atoms with Crippen molar-refractivity contribution in [2.45, 2.75) is 31.6 Å². The Labute approximate surface area is 131 Å². The van der Waals surface area contributed by atoms with E-state index < -0.39 is 0 Å². The Kier molecular flexibility index (Phi) is 4.14. The molecule has 0 radical (unpaired) electrons. The maximum atomic E-state index is 11.1. The maximum absolute atomic E-state index is 11.1. The Morgan fingerprint density at radius 1 is 0.955 bits per heavy atom. The molecule has 0 saturated heterocycles. The van der Waals surface area contributed by atoms with Crippen LogP contribution in [0.15, 0.2) is 48.5 Å². The Morgan fingerprint density at radius 2 is 1.45 bits per heavy atom. The third-order valence-corrected chi connectivity index (χ3v) is 4.48. The number of carbonyl (C=O) groups excluding carboxylic acids is 1. The van der Waals surface area contributed by atoms with Crippen molar-refractivity contribution in [2.75, 3.05) is 12.4 Å².